The Morgan fingerprint density at radius 1 is 1.09 bits per heavy atom. The van der Waals surface area contributed by atoms with E-state index in [2.05, 4.69) is 17.4 Å². The average molecular weight is 465 g/mol. The van der Waals surface area contributed by atoms with Crippen LogP contribution < -0.4 is 14.8 Å². The highest BCUT2D eigenvalue weighted by Gasteiger charge is 2.45. The standard InChI is InChI=1S/C26H32N4O4/c1-16-24-26(32)28-23(15-19-11-13-21(33-3)22(14-19)34-4)29-30(24)25(27-16)20(17(2)31)12-10-18-8-6-5-7-9-18/h5-9,11,13-14,16-17,20,24,31H,10,12,15H2,1-4H3,(H,28,29,32)/t16?,17-,20+,24?/m1/s1. The number of fused-ring (bicyclic) bond motifs is 1. The van der Waals surface area contributed by atoms with Gasteiger partial charge in [-0.3, -0.25) is 9.79 Å². The molecule has 4 atom stereocenters. The van der Waals surface area contributed by atoms with Crippen molar-refractivity contribution in [3.8, 4) is 11.5 Å². The van der Waals surface area contributed by atoms with Crippen LogP contribution in [0.25, 0.3) is 0 Å². The molecule has 2 unspecified atom stereocenters. The van der Waals surface area contributed by atoms with Crippen molar-refractivity contribution in [2.75, 3.05) is 14.2 Å². The van der Waals surface area contributed by atoms with E-state index in [0.717, 1.165) is 12.0 Å². The van der Waals surface area contributed by atoms with E-state index < -0.39 is 12.1 Å². The Balaban J connectivity index is 1.57. The molecule has 2 aromatic rings. The molecule has 2 N–H and O–H groups in total. The van der Waals surface area contributed by atoms with Crippen LogP contribution in [0.3, 0.4) is 0 Å². The highest BCUT2D eigenvalue weighted by molar-refractivity contribution is 6.07. The molecule has 0 radical (unpaired) electrons. The van der Waals surface area contributed by atoms with Gasteiger partial charge in [-0.2, -0.15) is 5.10 Å². The Labute approximate surface area is 200 Å². The molecule has 2 aliphatic heterocycles. The van der Waals surface area contributed by atoms with Gasteiger partial charge in [0.1, 0.15) is 11.7 Å². The first-order valence-corrected chi connectivity index (χ1v) is 11.6. The molecule has 4 rings (SSSR count). The van der Waals surface area contributed by atoms with E-state index in [9.17, 15) is 9.90 Å². The van der Waals surface area contributed by atoms with Crippen molar-refractivity contribution in [2.45, 2.75) is 51.3 Å². The molecular weight excluding hydrogens is 432 g/mol. The molecule has 0 saturated carbocycles. The predicted octanol–water partition coefficient (Wildman–Crippen LogP) is 2.79. The maximum absolute atomic E-state index is 13.0. The van der Waals surface area contributed by atoms with Gasteiger partial charge in [-0.25, -0.2) is 5.01 Å². The lowest BCUT2D eigenvalue weighted by atomic mass is 9.93. The summed E-state index contributed by atoms with van der Waals surface area (Å²) in [6, 6.07) is 15.0. The van der Waals surface area contributed by atoms with Crippen LogP contribution in [-0.4, -0.2) is 60.1 Å². The van der Waals surface area contributed by atoms with E-state index in [4.69, 9.17) is 19.6 Å². The summed E-state index contributed by atoms with van der Waals surface area (Å²) < 4.78 is 10.7. The number of ether oxygens (including phenoxy) is 2. The molecule has 2 heterocycles. The molecule has 8 nitrogen and oxygen atoms in total. The number of nitrogens with zero attached hydrogens (tertiary/aromatic N) is 3. The van der Waals surface area contributed by atoms with E-state index in [1.54, 1.807) is 26.2 Å². The second-order valence-corrected chi connectivity index (χ2v) is 8.79. The third kappa shape index (κ3) is 4.92. The van der Waals surface area contributed by atoms with Crippen LogP contribution in [0, 0.1) is 5.92 Å². The largest absolute Gasteiger partial charge is 0.493 e. The summed E-state index contributed by atoms with van der Waals surface area (Å²) >= 11 is 0. The van der Waals surface area contributed by atoms with Crippen LogP contribution in [0.5, 0.6) is 11.5 Å². The molecule has 0 saturated heterocycles. The summed E-state index contributed by atoms with van der Waals surface area (Å²) in [5, 5.41) is 20.1. The number of aliphatic imine (C=N–C) groups is 1. The van der Waals surface area contributed by atoms with Crippen molar-refractivity contribution in [2.24, 2.45) is 16.0 Å². The van der Waals surface area contributed by atoms with Gasteiger partial charge in [0.05, 0.1) is 26.4 Å². The first-order valence-electron chi connectivity index (χ1n) is 11.6. The number of carbonyl (C=O) groups is 1. The normalized spacial score (nSPS) is 21.2. The summed E-state index contributed by atoms with van der Waals surface area (Å²) in [6.07, 6.45) is 1.30. The summed E-state index contributed by atoms with van der Waals surface area (Å²) in [5.74, 6) is 2.09. The fourth-order valence-corrected chi connectivity index (χ4v) is 4.58. The van der Waals surface area contributed by atoms with Gasteiger partial charge in [-0.05, 0) is 49.9 Å². The van der Waals surface area contributed by atoms with Crippen LogP contribution in [0.15, 0.2) is 58.6 Å². The number of aliphatic hydroxyl groups excluding tert-OH is 1. The number of benzene rings is 2. The van der Waals surface area contributed by atoms with Crippen molar-refractivity contribution < 1.29 is 19.4 Å². The zero-order chi connectivity index (χ0) is 24.2. The predicted molar refractivity (Wildman–Crippen MR) is 131 cm³/mol. The number of nitrogens with one attached hydrogen (secondary N) is 1. The molecule has 0 bridgehead atoms. The average Bonchev–Trinajstić information content (AvgIpc) is 3.15. The van der Waals surface area contributed by atoms with E-state index >= 15 is 0 Å². The molecule has 0 spiro atoms. The smallest absolute Gasteiger partial charge is 0.252 e. The number of hydrazone groups is 1. The molecule has 0 fully saturated rings. The first-order chi connectivity index (χ1) is 16.4. The highest BCUT2D eigenvalue weighted by Crippen LogP contribution is 2.30. The number of aliphatic hydroxyl groups is 1. The molecule has 8 heteroatoms. The Bertz CT molecular complexity index is 1080. The van der Waals surface area contributed by atoms with Crippen LogP contribution in [0.4, 0.5) is 0 Å². The number of amidine groups is 2. The number of amides is 1. The Kier molecular flexibility index (Phi) is 7.17. The Morgan fingerprint density at radius 2 is 1.82 bits per heavy atom. The summed E-state index contributed by atoms with van der Waals surface area (Å²) in [4.78, 5) is 17.8. The lowest BCUT2D eigenvalue weighted by molar-refractivity contribution is -0.124. The van der Waals surface area contributed by atoms with Crippen LogP contribution in [-0.2, 0) is 17.6 Å². The van der Waals surface area contributed by atoms with Gasteiger partial charge in [-0.1, -0.05) is 36.4 Å². The quantitative estimate of drug-likeness (QED) is 0.595. The lowest BCUT2D eigenvalue weighted by Crippen LogP contribution is -2.56. The van der Waals surface area contributed by atoms with Crippen LogP contribution in [0.2, 0.25) is 0 Å². The van der Waals surface area contributed by atoms with Gasteiger partial charge in [0.25, 0.3) is 5.91 Å². The second-order valence-electron chi connectivity index (χ2n) is 8.79. The summed E-state index contributed by atoms with van der Waals surface area (Å²) in [7, 11) is 3.18. The minimum absolute atomic E-state index is 0.135. The summed E-state index contributed by atoms with van der Waals surface area (Å²) in [5.41, 5.74) is 2.13. The van der Waals surface area contributed by atoms with Crippen molar-refractivity contribution >= 4 is 17.6 Å². The van der Waals surface area contributed by atoms with E-state index in [0.29, 0.717) is 36.0 Å². The van der Waals surface area contributed by atoms with Crippen molar-refractivity contribution in [1.82, 2.24) is 10.3 Å². The third-order valence-electron chi connectivity index (χ3n) is 6.38. The van der Waals surface area contributed by atoms with E-state index in [-0.39, 0.29) is 17.9 Å². The fourth-order valence-electron chi connectivity index (χ4n) is 4.58. The SMILES string of the molecule is COc1ccc(CC2=NN3C([C@@H](CCc4ccccc4)[C@@H](C)O)=NC(C)C3C(=O)N2)cc1OC. The zero-order valence-electron chi connectivity index (χ0n) is 20.1. The minimum Gasteiger partial charge on any atom is -0.493 e. The Hall–Kier alpha value is -3.39. The fraction of sp³-hybridized carbons (Fsp3) is 0.423. The summed E-state index contributed by atoms with van der Waals surface area (Å²) in [6.45, 7) is 3.68. The maximum Gasteiger partial charge on any atom is 0.252 e. The molecule has 180 valence electrons. The number of carbonyl (C=O) groups excluding carboxylic acids is 1. The second kappa shape index (κ2) is 10.3. The molecule has 0 aromatic heterocycles. The lowest BCUT2D eigenvalue weighted by Gasteiger charge is -2.33. The molecule has 1 amide bonds. The van der Waals surface area contributed by atoms with Gasteiger partial charge in [0.2, 0.25) is 0 Å². The maximum atomic E-state index is 13.0. The number of hydrogen-bond donors (Lipinski definition) is 2. The van der Waals surface area contributed by atoms with Gasteiger partial charge >= 0.3 is 0 Å². The molecule has 2 aromatic carbocycles. The first kappa shape index (κ1) is 23.8. The van der Waals surface area contributed by atoms with Gasteiger partial charge in [-0.15, -0.1) is 0 Å². The number of rotatable bonds is 9. The monoisotopic (exact) mass is 464 g/mol. The van der Waals surface area contributed by atoms with E-state index in [1.807, 2.05) is 43.3 Å². The van der Waals surface area contributed by atoms with E-state index in [1.165, 1.54) is 5.56 Å². The van der Waals surface area contributed by atoms with Crippen LogP contribution >= 0.6 is 0 Å². The highest BCUT2D eigenvalue weighted by atomic mass is 16.5. The molecule has 0 aliphatic carbocycles. The van der Waals surface area contributed by atoms with Crippen molar-refractivity contribution in [3.63, 3.8) is 0 Å². The van der Waals surface area contributed by atoms with Crippen molar-refractivity contribution in [1.29, 1.82) is 0 Å². The number of methoxy groups -OCH3 is 2. The Morgan fingerprint density at radius 3 is 2.50 bits per heavy atom. The van der Waals surface area contributed by atoms with Crippen LogP contribution in [0.1, 0.15) is 31.4 Å². The zero-order valence-corrected chi connectivity index (χ0v) is 20.1. The minimum atomic E-state index is -0.622. The van der Waals surface area contributed by atoms with Gasteiger partial charge < -0.3 is 19.9 Å². The molecular formula is C26H32N4O4. The molecule has 34 heavy (non-hydrogen) atoms. The number of hydrogen-bond acceptors (Lipinski definition) is 7. The van der Waals surface area contributed by atoms with Gasteiger partial charge in [0, 0.05) is 12.3 Å². The van der Waals surface area contributed by atoms with Crippen molar-refractivity contribution in [3.05, 3.63) is 59.7 Å². The third-order valence-corrected chi connectivity index (χ3v) is 6.38. The van der Waals surface area contributed by atoms with Gasteiger partial charge in [0.15, 0.2) is 17.5 Å². The number of aryl methyl sites for hydroxylation is 1. The molecule has 2 aliphatic rings. The topological polar surface area (TPSA) is 95.8 Å².